The smallest absolute Gasteiger partial charge is 0.124 e. The molecule has 1 atom stereocenters. The quantitative estimate of drug-likeness (QED) is 0.880. The van der Waals surface area contributed by atoms with E-state index < -0.39 is 0 Å². The van der Waals surface area contributed by atoms with Gasteiger partial charge in [-0.2, -0.15) is 0 Å². The minimum absolute atomic E-state index is 0.497. The lowest BCUT2D eigenvalue weighted by molar-refractivity contribution is 0.306. The first-order valence-corrected chi connectivity index (χ1v) is 8.11. The van der Waals surface area contributed by atoms with Crippen LogP contribution in [0.1, 0.15) is 41.8 Å². The van der Waals surface area contributed by atoms with Crippen LogP contribution in [0.15, 0.2) is 29.9 Å². The Labute approximate surface area is 124 Å². The second kappa shape index (κ2) is 6.37. The number of rotatable bonds is 6. The molecule has 0 amide bonds. The summed E-state index contributed by atoms with van der Waals surface area (Å²) in [7, 11) is 0. The number of hydrogen-bond donors (Lipinski definition) is 1. The third kappa shape index (κ3) is 2.86. The third-order valence-corrected chi connectivity index (χ3v) is 4.47. The molecule has 0 radical (unpaired) electrons. The van der Waals surface area contributed by atoms with E-state index in [-0.39, 0.29) is 0 Å². The second-order valence-electron chi connectivity index (χ2n) is 5.13. The highest BCUT2D eigenvalue weighted by Crippen LogP contribution is 2.37. The van der Waals surface area contributed by atoms with Crippen LogP contribution in [0.25, 0.3) is 0 Å². The topological polar surface area (TPSA) is 34.1 Å². The van der Waals surface area contributed by atoms with E-state index in [2.05, 4.69) is 35.4 Å². The number of thiazole rings is 1. The largest absolute Gasteiger partial charge is 0.488 e. The van der Waals surface area contributed by atoms with Crippen LogP contribution in [-0.4, -0.2) is 11.5 Å². The Morgan fingerprint density at radius 2 is 2.40 bits per heavy atom. The fourth-order valence-electron chi connectivity index (χ4n) is 2.75. The Kier molecular flexibility index (Phi) is 4.33. The van der Waals surface area contributed by atoms with E-state index >= 15 is 0 Å². The zero-order valence-electron chi connectivity index (χ0n) is 11.8. The third-order valence-electron chi connectivity index (χ3n) is 3.72. The van der Waals surface area contributed by atoms with Crippen LogP contribution in [0.2, 0.25) is 0 Å². The van der Waals surface area contributed by atoms with Crippen molar-refractivity contribution >= 4 is 11.3 Å². The first-order chi connectivity index (χ1) is 9.88. The van der Waals surface area contributed by atoms with Gasteiger partial charge in [-0.3, -0.25) is 4.98 Å². The number of nitrogens with one attached hydrogen (secondary N) is 1. The summed E-state index contributed by atoms with van der Waals surface area (Å²) in [6, 6.07) is 6.92. The molecule has 0 saturated carbocycles. The summed E-state index contributed by atoms with van der Waals surface area (Å²) in [5.41, 5.74) is 4.64. The fourth-order valence-corrected chi connectivity index (χ4v) is 3.25. The molecule has 3 nitrogen and oxygen atoms in total. The maximum absolute atomic E-state index is 5.99. The number of ether oxygens (including phenoxy) is 1. The van der Waals surface area contributed by atoms with Crippen LogP contribution in [0, 0.1) is 0 Å². The highest BCUT2D eigenvalue weighted by molar-refractivity contribution is 7.09. The van der Waals surface area contributed by atoms with Gasteiger partial charge >= 0.3 is 0 Å². The number of nitrogens with zero attached hydrogens (tertiary/aromatic N) is 1. The molecule has 20 heavy (non-hydrogen) atoms. The molecule has 0 aliphatic heterocycles. The molecule has 1 aromatic heterocycles. The molecular formula is C16H20N2OS. The molecule has 2 aromatic rings. The van der Waals surface area contributed by atoms with Crippen molar-refractivity contribution in [2.75, 3.05) is 6.54 Å². The normalized spacial score (nSPS) is 17.1. The Morgan fingerprint density at radius 3 is 3.20 bits per heavy atom. The minimum Gasteiger partial charge on any atom is -0.488 e. The first kappa shape index (κ1) is 13.6. The molecule has 1 N–H and O–H groups in total. The summed E-state index contributed by atoms with van der Waals surface area (Å²) in [5.74, 6) is 1.04. The lowest BCUT2D eigenvalue weighted by Crippen LogP contribution is -2.19. The predicted molar refractivity (Wildman–Crippen MR) is 82.2 cm³/mol. The summed E-state index contributed by atoms with van der Waals surface area (Å²) < 4.78 is 5.99. The first-order valence-electron chi connectivity index (χ1n) is 7.24. The molecule has 1 aromatic carbocycles. The molecule has 0 bridgehead atoms. The monoisotopic (exact) mass is 288 g/mol. The van der Waals surface area contributed by atoms with Gasteiger partial charge < -0.3 is 10.1 Å². The van der Waals surface area contributed by atoms with Gasteiger partial charge in [0.2, 0.25) is 0 Å². The minimum atomic E-state index is 0.497. The van der Waals surface area contributed by atoms with E-state index in [1.165, 1.54) is 28.8 Å². The van der Waals surface area contributed by atoms with Gasteiger partial charge in [0.1, 0.15) is 12.4 Å². The van der Waals surface area contributed by atoms with Crippen LogP contribution in [-0.2, 0) is 13.0 Å². The molecular weight excluding hydrogens is 268 g/mol. The van der Waals surface area contributed by atoms with E-state index in [4.69, 9.17) is 4.74 Å². The van der Waals surface area contributed by atoms with E-state index in [0.29, 0.717) is 12.6 Å². The van der Waals surface area contributed by atoms with E-state index in [1.807, 2.05) is 11.7 Å². The van der Waals surface area contributed by atoms with E-state index in [9.17, 15) is 0 Å². The molecule has 0 spiro atoms. The Hall–Kier alpha value is -1.39. The van der Waals surface area contributed by atoms with Gasteiger partial charge in [-0.15, -0.1) is 11.3 Å². The Morgan fingerprint density at radius 1 is 1.45 bits per heavy atom. The number of hydrogen-bond acceptors (Lipinski definition) is 4. The van der Waals surface area contributed by atoms with Crippen molar-refractivity contribution in [2.24, 2.45) is 0 Å². The standard InChI is InChI=1S/C16H20N2OS/c1-2-8-18-15-7-6-14-13(15)4-3-5-16(14)19-10-12-9-17-11-20-12/h3-5,9,11,15,18H,2,6-8,10H2,1H3. The molecule has 1 heterocycles. The van der Waals surface area contributed by atoms with Crippen molar-refractivity contribution in [3.8, 4) is 5.75 Å². The molecule has 3 rings (SSSR count). The van der Waals surface area contributed by atoms with Gasteiger partial charge in [-0.05, 0) is 43.0 Å². The molecule has 1 unspecified atom stereocenters. The highest BCUT2D eigenvalue weighted by atomic mass is 32.1. The van der Waals surface area contributed by atoms with Gasteiger partial charge in [0.15, 0.2) is 0 Å². The van der Waals surface area contributed by atoms with Gasteiger partial charge in [0.05, 0.1) is 10.4 Å². The predicted octanol–water partition coefficient (Wildman–Crippen LogP) is 3.71. The molecule has 4 heteroatoms. The summed E-state index contributed by atoms with van der Waals surface area (Å²) in [6.07, 6.45) is 5.33. The molecule has 0 saturated heterocycles. The summed E-state index contributed by atoms with van der Waals surface area (Å²) in [6.45, 7) is 3.90. The van der Waals surface area contributed by atoms with Crippen molar-refractivity contribution < 1.29 is 4.74 Å². The van der Waals surface area contributed by atoms with Gasteiger partial charge in [0.25, 0.3) is 0 Å². The SMILES string of the molecule is CCCNC1CCc2c(OCc3cncs3)cccc21. The van der Waals surface area contributed by atoms with Crippen molar-refractivity contribution in [1.29, 1.82) is 0 Å². The molecule has 1 aliphatic rings. The molecule has 1 aliphatic carbocycles. The maximum Gasteiger partial charge on any atom is 0.124 e. The highest BCUT2D eigenvalue weighted by Gasteiger charge is 2.24. The van der Waals surface area contributed by atoms with Crippen molar-refractivity contribution in [1.82, 2.24) is 10.3 Å². The van der Waals surface area contributed by atoms with Gasteiger partial charge in [-0.25, -0.2) is 0 Å². The van der Waals surface area contributed by atoms with E-state index in [0.717, 1.165) is 18.7 Å². The molecule has 0 fully saturated rings. The summed E-state index contributed by atoms with van der Waals surface area (Å²) >= 11 is 1.64. The average Bonchev–Trinajstić information content (AvgIpc) is 3.12. The molecule has 106 valence electrons. The van der Waals surface area contributed by atoms with Crippen molar-refractivity contribution in [2.45, 2.75) is 38.8 Å². The van der Waals surface area contributed by atoms with Crippen LogP contribution in [0.4, 0.5) is 0 Å². The van der Waals surface area contributed by atoms with Crippen LogP contribution in [0.3, 0.4) is 0 Å². The van der Waals surface area contributed by atoms with Crippen molar-refractivity contribution in [3.63, 3.8) is 0 Å². The lowest BCUT2D eigenvalue weighted by atomic mass is 10.1. The number of fused-ring (bicyclic) bond motifs is 1. The van der Waals surface area contributed by atoms with Crippen molar-refractivity contribution in [3.05, 3.63) is 45.9 Å². The second-order valence-corrected chi connectivity index (χ2v) is 6.10. The van der Waals surface area contributed by atoms with Gasteiger partial charge in [-0.1, -0.05) is 19.1 Å². The van der Waals surface area contributed by atoms with Gasteiger partial charge in [0, 0.05) is 12.2 Å². The zero-order chi connectivity index (χ0) is 13.8. The Balaban J connectivity index is 1.72. The van der Waals surface area contributed by atoms with Crippen LogP contribution in [0.5, 0.6) is 5.75 Å². The summed E-state index contributed by atoms with van der Waals surface area (Å²) in [5, 5.41) is 3.62. The van der Waals surface area contributed by atoms with Crippen LogP contribution >= 0.6 is 11.3 Å². The maximum atomic E-state index is 5.99. The number of aromatic nitrogens is 1. The lowest BCUT2D eigenvalue weighted by Gasteiger charge is -2.14. The van der Waals surface area contributed by atoms with Crippen LogP contribution < -0.4 is 10.1 Å². The zero-order valence-corrected chi connectivity index (χ0v) is 12.6. The average molecular weight is 288 g/mol. The number of benzene rings is 1. The Bertz CT molecular complexity index is 554. The van der Waals surface area contributed by atoms with E-state index in [1.54, 1.807) is 11.3 Å². The fraction of sp³-hybridized carbons (Fsp3) is 0.438. The summed E-state index contributed by atoms with van der Waals surface area (Å²) in [4.78, 5) is 5.25.